The van der Waals surface area contributed by atoms with Crippen molar-refractivity contribution in [3.8, 4) is 28.7 Å². The van der Waals surface area contributed by atoms with Crippen molar-refractivity contribution in [3.63, 3.8) is 0 Å². The van der Waals surface area contributed by atoms with Crippen LogP contribution >= 0.6 is 0 Å². The number of carbonyl (C=O) groups excluding carboxylic acids is 1. The lowest BCUT2D eigenvalue weighted by molar-refractivity contribution is -0.128. The first-order valence-corrected chi connectivity index (χ1v) is 7.80. The van der Waals surface area contributed by atoms with Gasteiger partial charge < -0.3 is 23.7 Å². The predicted molar refractivity (Wildman–Crippen MR) is 91.4 cm³/mol. The maximum atomic E-state index is 12.0. The van der Waals surface area contributed by atoms with Gasteiger partial charge in [0.15, 0.2) is 23.0 Å². The van der Waals surface area contributed by atoms with Crippen LogP contribution in [0.4, 0.5) is 0 Å². The first kappa shape index (κ1) is 16.7. The molecule has 1 aliphatic heterocycles. The number of ether oxygens (including phenoxy) is 5. The van der Waals surface area contributed by atoms with E-state index in [1.165, 1.54) is 6.08 Å². The van der Waals surface area contributed by atoms with Gasteiger partial charge in [-0.2, -0.15) is 0 Å². The highest BCUT2D eigenvalue weighted by atomic mass is 16.7. The molecule has 6 nitrogen and oxygen atoms in total. The molecule has 0 unspecified atom stereocenters. The van der Waals surface area contributed by atoms with Gasteiger partial charge >= 0.3 is 5.97 Å². The Labute approximate surface area is 145 Å². The Morgan fingerprint density at radius 3 is 2.76 bits per heavy atom. The van der Waals surface area contributed by atoms with E-state index < -0.39 is 5.97 Å². The van der Waals surface area contributed by atoms with Crippen molar-refractivity contribution in [2.45, 2.75) is 6.92 Å². The fraction of sp³-hybridized carbons (Fsp3) is 0.211. The number of hydrogen-bond acceptors (Lipinski definition) is 6. The largest absolute Gasteiger partial charge is 0.493 e. The highest BCUT2D eigenvalue weighted by Crippen LogP contribution is 2.35. The van der Waals surface area contributed by atoms with Gasteiger partial charge in [-0.1, -0.05) is 6.07 Å². The van der Waals surface area contributed by atoms with Crippen LogP contribution < -0.4 is 23.7 Å². The van der Waals surface area contributed by atoms with Crippen LogP contribution in [0.25, 0.3) is 6.08 Å². The molecular formula is C19H18O6. The molecule has 1 heterocycles. The molecule has 2 aromatic rings. The van der Waals surface area contributed by atoms with Gasteiger partial charge in [-0.3, -0.25) is 0 Å². The molecule has 3 rings (SSSR count). The Morgan fingerprint density at radius 1 is 1.12 bits per heavy atom. The van der Waals surface area contributed by atoms with Gasteiger partial charge in [0.1, 0.15) is 5.75 Å². The van der Waals surface area contributed by atoms with Crippen molar-refractivity contribution in [1.29, 1.82) is 0 Å². The summed E-state index contributed by atoms with van der Waals surface area (Å²) in [7, 11) is 1.58. The van der Waals surface area contributed by atoms with E-state index in [9.17, 15) is 4.79 Å². The van der Waals surface area contributed by atoms with E-state index >= 15 is 0 Å². The van der Waals surface area contributed by atoms with Crippen molar-refractivity contribution < 1.29 is 28.5 Å². The van der Waals surface area contributed by atoms with Crippen LogP contribution in [0.1, 0.15) is 12.5 Å². The summed E-state index contributed by atoms with van der Waals surface area (Å²) in [5.74, 6) is 2.36. The van der Waals surface area contributed by atoms with Gasteiger partial charge in [0, 0.05) is 12.1 Å². The molecule has 0 fully saturated rings. The number of carbonyl (C=O) groups is 1. The van der Waals surface area contributed by atoms with Gasteiger partial charge in [-0.05, 0) is 42.8 Å². The third-order valence-electron chi connectivity index (χ3n) is 3.46. The van der Waals surface area contributed by atoms with Crippen LogP contribution in [-0.4, -0.2) is 26.5 Å². The van der Waals surface area contributed by atoms with E-state index in [0.29, 0.717) is 35.4 Å². The number of esters is 1. The molecule has 0 saturated heterocycles. The van der Waals surface area contributed by atoms with Crippen LogP contribution in [-0.2, 0) is 4.79 Å². The van der Waals surface area contributed by atoms with Gasteiger partial charge in [0.05, 0.1) is 13.7 Å². The maximum absolute atomic E-state index is 12.0. The van der Waals surface area contributed by atoms with Gasteiger partial charge in [-0.15, -0.1) is 0 Å². The Hall–Kier alpha value is -3.15. The maximum Gasteiger partial charge on any atom is 0.336 e. The number of rotatable bonds is 6. The van der Waals surface area contributed by atoms with E-state index in [2.05, 4.69) is 0 Å². The molecule has 0 amide bonds. The molecule has 25 heavy (non-hydrogen) atoms. The Bertz CT molecular complexity index is 796. The van der Waals surface area contributed by atoms with E-state index in [-0.39, 0.29) is 6.79 Å². The van der Waals surface area contributed by atoms with Crippen LogP contribution in [0.15, 0.2) is 42.5 Å². The summed E-state index contributed by atoms with van der Waals surface area (Å²) in [5, 5.41) is 0. The smallest absolute Gasteiger partial charge is 0.336 e. The van der Waals surface area contributed by atoms with Crippen molar-refractivity contribution >= 4 is 12.0 Å². The van der Waals surface area contributed by atoms with Crippen LogP contribution in [0.5, 0.6) is 28.7 Å². The van der Waals surface area contributed by atoms with E-state index in [0.717, 1.165) is 5.56 Å². The summed E-state index contributed by atoms with van der Waals surface area (Å²) in [6.07, 6.45) is 3.00. The average molecular weight is 342 g/mol. The second kappa shape index (κ2) is 7.61. The van der Waals surface area contributed by atoms with Crippen molar-refractivity contribution in [2.24, 2.45) is 0 Å². The van der Waals surface area contributed by atoms with Crippen molar-refractivity contribution in [1.82, 2.24) is 0 Å². The summed E-state index contributed by atoms with van der Waals surface area (Å²) in [4.78, 5) is 12.0. The zero-order chi connectivity index (χ0) is 17.6. The zero-order valence-electron chi connectivity index (χ0n) is 14.0. The molecule has 0 spiro atoms. The molecular weight excluding hydrogens is 324 g/mol. The average Bonchev–Trinajstić information content (AvgIpc) is 3.08. The molecule has 1 aliphatic rings. The van der Waals surface area contributed by atoms with E-state index in [1.54, 1.807) is 43.5 Å². The fourth-order valence-corrected chi connectivity index (χ4v) is 2.32. The minimum Gasteiger partial charge on any atom is -0.493 e. The van der Waals surface area contributed by atoms with Crippen LogP contribution in [0.2, 0.25) is 0 Å². The van der Waals surface area contributed by atoms with E-state index in [4.69, 9.17) is 23.7 Å². The van der Waals surface area contributed by atoms with Gasteiger partial charge in [0.25, 0.3) is 0 Å². The van der Waals surface area contributed by atoms with Crippen molar-refractivity contribution in [3.05, 3.63) is 48.0 Å². The Morgan fingerprint density at radius 2 is 1.96 bits per heavy atom. The number of methoxy groups -OCH3 is 1. The second-order valence-electron chi connectivity index (χ2n) is 5.11. The fourth-order valence-electron chi connectivity index (χ4n) is 2.32. The SMILES string of the molecule is CCOc1cc(/C=C/C(=O)Oc2ccc3c(c2)OCO3)ccc1OC. The third-order valence-corrected chi connectivity index (χ3v) is 3.46. The van der Waals surface area contributed by atoms with Gasteiger partial charge in [0.2, 0.25) is 6.79 Å². The summed E-state index contributed by atoms with van der Waals surface area (Å²) >= 11 is 0. The lowest BCUT2D eigenvalue weighted by Crippen LogP contribution is -2.03. The Balaban J connectivity index is 1.67. The minimum atomic E-state index is -0.493. The molecule has 0 saturated carbocycles. The molecule has 0 aromatic heterocycles. The second-order valence-corrected chi connectivity index (χ2v) is 5.11. The third kappa shape index (κ3) is 4.03. The lowest BCUT2D eigenvalue weighted by Gasteiger charge is -2.09. The zero-order valence-corrected chi connectivity index (χ0v) is 14.0. The summed E-state index contributed by atoms with van der Waals surface area (Å²) in [6, 6.07) is 10.4. The highest BCUT2D eigenvalue weighted by Gasteiger charge is 2.14. The lowest BCUT2D eigenvalue weighted by atomic mass is 10.2. The molecule has 0 N–H and O–H groups in total. The molecule has 2 aromatic carbocycles. The number of hydrogen-bond donors (Lipinski definition) is 0. The molecule has 0 bridgehead atoms. The van der Waals surface area contributed by atoms with E-state index in [1.807, 2.05) is 13.0 Å². The number of fused-ring (bicyclic) bond motifs is 1. The molecule has 130 valence electrons. The number of benzene rings is 2. The quantitative estimate of drug-likeness (QED) is 0.455. The molecule has 0 radical (unpaired) electrons. The normalized spacial score (nSPS) is 12.2. The monoisotopic (exact) mass is 342 g/mol. The van der Waals surface area contributed by atoms with Crippen LogP contribution in [0, 0.1) is 0 Å². The van der Waals surface area contributed by atoms with Gasteiger partial charge in [-0.25, -0.2) is 4.79 Å². The van der Waals surface area contributed by atoms with Crippen LogP contribution in [0.3, 0.4) is 0 Å². The standard InChI is InChI=1S/C19H18O6/c1-3-22-17-10-13(4-7-15(17)21-2)5-9-19(20)25-14-6-8-16-18(11-14)24-12-23-16/h4-11H,3,12H2,1-2H3/b9-5+. The summed E-state index contributed by atoms with van der Waals surface area (Å²) in [6.45, 7) is 2.59. The highest BCUT2D eigenvalue weighted by molar-refractivity contribution is 5.88. The topological polar surface area (TPSA) is 63.2 Å². The summed E-state index contributed by atoms with van der Waals surface area (Å²) < 4.78 is 26.5. The summed E-state index contributed by atoms with van der Waals surface area (Å²) in [5.41, 5.74) is 0.798. The van der Waals surface area contributed by atoms with Crippen molar-refractivity contribution in [2.75, 3.05) is 20.5 Å². The minimum absolute atomic E-state index is 0.173. The first-order chi connectivity index (χ1) is 12.2. The molecule has 0 atom stereocenters. The predicted octanol–water partition coefficient (Wildman–Crippen LogP) is 3.44. The molecule has 6 heteroatoms. The first-order valence-electron chi connectivity index (χ1n) is 7.80. The molecule has 0 aliphatic carbocycles. The Kier molecular flexibility index (Phi) is 5.09.